The SMILES string of the molecule is Cc1ccc(CNc2nc(C)[nH]c2N)cn1. The van der Waals surface area contributed by atoms with Crippen LogP contribution in [0.4, 0.5) is 11.6 Å². The summed E-state index contributed by atoms with van der Waals surface area (Å²) in [6, 6.07) is 4.02. The van der Waals surface area contributed by atoms with E-state index < -0.39 is 0 Å². The fourth-order valence-corrected chi connectivity index (χ4v) is 1.43. The van der Waals surface area contributed by atoms with E-state index in [9.17, 15) is 0 Å². The average molecular weight is 217 g/mol. The van der Waals surface area contributed by atoms with Gasteiger partial charge in [-0.1, -0.05) is 6.07 Å². The number of pyridine rings is 1. The molecular formula is C11H15N5. The molecule has 0 spiro atoms. The summed E-state index contributed by atoms with van der Waals surface area (Å²) in [6.45, 7) is 4.50. The maximum absolute atomic E-state index is 5.73. The van der Waals surface area contributed by atoms with Crippen molar-refractivity contribution in [3.05, 3.63) is 35.4 Å². The first-order valence-electron chi connectivity index (χ1n) is 5.12. The third-order valence-electron chi connectivity index (χ3n) is 2.28. The summed E-state index contributed by atoms with van der Waals surface area (Å²) in [6.07, 6.45) is 1.85. The summed E-state index contributed by atoms with van der Waals surface area (Å²) in [7, 11) is 0. The van der Waals surface area contributed by atoms with E-state index in [1.54, 1.807) is 0 Å². The van der Waals surface area contributed by atoms with E-state index in [1.807, 2.05) is 32.2 Å². The van der Waals surface area contributed by atoms with Crippen LogP contribution in [0.5, 0.6) is 0 Å². The topological polar surface area (TPSA) is 79.6 Å². The number of nitrogens with one attached hydrogen (secondary N) is 2. The molecule has 0 aliphatic heterocycles. The minimum absolute atomic E-state index is 0.567. The van der Waals surface area contributed by atoms with Crippen molar-refractivity contribution in [3.63, 3.8) is 0 Å². The van der Waals surface area contributed by atoms with E-state index >= 15 is 0 Å². The van der Waals surface area contributed by atoms with Crippen LogP contribution in [-0.4, -0.2) is 15.0 Å². The van der Waals surface area contributed by atoms with E-state index in [0.717, 1.165) is 17.1 Å². The van der Waals surface area contributed by atoms with Crippen LogP contribution in [0.15, 0.2) is 18.3 Å². The molecule has 0 amide bonds. The minimum Gasteiger partial charge on any atom is -0.382 e. The van der Waals surface area contributed by atoms with E-state index in [1.165, 1.54) is 0 Å². The molecule has 0 saturated heterocycles. The van der Waals surface area contributed by atoms with Gasteiger partial charge in [0, 0.05) is 18.4 Å². The zero-order valence-corrected chi connectivity index (χ0v) is 9.41. The van der Waals surface area contributed by atoms with Crippen LogP contribution < -0.4 is 11.1 Å². The van der Waals surface area contributed by atoms with Gasteiger partial charge in [-0.05, 0) is 25.5 Å². The summed E-state index contributed by atoms with van der Waals surface area (Å²) in [5.41, 5.74) is 7.85. The second-order valence-corrected chi connectivity index (χ2v) is 3.75. The molecule has 16 heavy (non-hydrogen) atoms. The Bertz CT molecular complexity index is 472. The number of nitrogen functional groups attached to an aromatic ring is 1. The third-order valence-corrected chi connectivity index (χ3v) is 2.28. The lowest BCUT2D eigenvalue weighted by Gasteiger charge is -2.03. The predicted molar refractivity (Wildman–Crippen MR) is 64.0 cm³/mol. The molecule has 0 atom stereocenters. The van der Waals surface area contributed by atoms with E-state index in [4.69, 9.17) is 5.73 Å². The van der Waals surface area contributed by atoms with Gasteiger partial charge in [0.2, 0.25) is 0 Å². The van der Waals surface area contributed by atoms with Gasteiger partial charge in [-0.15, -0.1) is 0 Å². The van der Waals surface area contributed by atoms with Gasteiger partial charge >= 0.3 is 0 Å². The summed E-state index contributed by atoms with van der Waals surface area (Å²) < 4.78 is 0. The number of anilines is 2. The molecular weight excluding hydrogens is 202 g/mol. The maximum atomic E-state index is 5.73. The van der Waals surface area contributed by atoms with E-state index in [0.29, 0.717) is 18.2 Å². The Balaban J connectivity index is 2.02. The Morgan fingerprint density at radius 2 is 2.19 bits per heavy atom. The standard InChI is InChI=1S/C11H15N5/c1-7-3-4-9(5-13-7)6-14-11-10(12)15-8(2)16-11/h3-5,14H,6,12H2,1-2H3,(H,15,16). The van der Waals surface area contributed by atoms with Crippen molar-refractivity contribution in [2.45, 2.75) is 20.4 Å². The van der Waals surface area contributed by atoms with Gasteiger partial charge in [0.1, 0.15) is 11.6 Å². The van der Waals surface area contributed by atoms with Crippen LogP contribution in [0.3, 0.4) is 0 Å². The van der Waals surface area contributed by atoms with Crippen molar-refractivity contribution < 1.29 is 0 Å². The number of nitrogens with zero attached hydrogens (tertiary/aromatic N) is 2. The lowest BCUT2D eigenvalue weighted by Crippen LogP contribution is -2.02. The van der Waals surface area contributed by atoms with E-state index in [2.05, 4.69) is 20.3 Å². The summed E-state index contributed by atoms with van der Waals surface area (Å²) in [5.74, 6) is 2.07. The minimum atomic E-state index is 0.567. The molecule has 5 heteroatoms. The first kappa shape index (κ1) is 10.5. The average Bonchev–Trinajstić information content (AvgIpc) is 2.57. The molecule has 84 valence electrons. The van der Waals surface area contributed by atoms with Crippen molar-refractivity contribution in [1.29, 1.82) is 0 Å². The van der Waals surface area contributed by atoms with Gasteiger partial charge < -0.3 is 16.0 Å². The largest absolute Gasteiger partial charge is 0.382 e. The first-order chi connectivity index (χ1) is 7.65. The molecule has 5 nitrogen and oxygen atoms in total. The third kappa shape index (κ3) is 2.31. The number of H-pyrrole nitrogens is 1. The Morgan fingerprint density at radius 3 is 2.75 bits per heavy atom. The van der Waals surface area contributed by atoms with Crippen LogP contribution in [0.25, 0.3) is 0 Å². The number of imidazole rings is 1. The summed E-state index contributed by atoms with van der Waals surface area (Å²) >= 11 is 0. The van der Waals surface area contributed by atoms with Gasteiger partial charge in [-0.25, -0.2) is 4.98 Å². The lowest BCUT2D eigenvalue weighted by molar-refractivity contribution is 1.07. The highest BCUT2D eigenvalue weighted by molar-refractivity contribution is 5.56. The Kier molecular flexibility index (Phi) is 2.76. The van der Waals surface area contributed by atoms with Crippen molar-refractivity contribution in [1.82, 2.24) is 15.0 Å². The van der Waals surface area contributed by atoms with Crippen molar-refractivity contribution >= 4 is 11.6 Å². The Hall–Kier alpha value is -2.04. The smallest absolute Gasteiger partial charge is 0.169 e. The fourth-order valence-electron chi connectivity index (χ4n) is 1.43. The molecule has 0 fully saturated rings. The number of nitrogens with two attached hydrogens (primary N) is 1. The molecule has 0 aliphatic carbocycles. The van der Waals surface area contributed by atoms with Crippen LogP contribution in [-0.2, 0) is 6.54 Å². The zero-order chi connectivity index (χ0) is 11.5. The van der Waals surface area contributed by atoms with Crippen molar-refractivity contribution in [3.8, 4) is 0 Å². The van der Waals surface area contributed by atoms with Crippen LogP contribution >= 0.6 is 0 Å². The molecule has 0 unspecified atom stereocenters. The molecule has 2 aromatic rings. The molecule has 0 radical (unpaired) electrons. The van der Waals surface area contributed by atoms with Gasteiger partial charge in [0.25, 0.3) is 0 Å². The van der Waals surface area contributed by atoms with Crippen LogP contribution in [0.1, 0.15) is 17.1 Å². The molecule has 2 heterocycles. The van der Waals surface area contributed by atoms with Crippen molar-refractivity contribution in [2.24, 2.45) is 0 Å². The molecule has 4 N–H and O–H groups in total. The van der Waals surface area contributed by atoms with Crippen molar-refractivity contribution in [2.75, 3.05) is 11.1 Å². The first-order valence-corrected chi connectivity index (χ1v) is 5.12. The zero-order valence-electron chi connectivity index (χ0n) is 9.41. The highest BCUT2D eigenvalue weighted by Crippen LogP contribution is 2.14. The number of aromatic amines is 1. The van der Waals surface area contributed by atoms with Gasteiger partial charge in [-0.3, -0.25) is 4.98 Å². The number of hydrogen-bond donors (Lipinski definition) is 3. The van der Waals surface area contributed by atoms with Gasteiger partial charge in [0.05, 0.1) is 0 Å². The maximum Gasteiger partial charge on any atom is 0.169 e. The van der Waals surface area contributed by atoms with Gasteiger partial charge in [0.15, 0.2) is 5.82 Å². The van der Waals surface area contributed by atoms with E-state index in [-0.39, 0.29) is 0 Å². The second-order valence-electron chi connectivity index (χ2n) is 3.75. The van der Waals surface area contributed by atoms with Gasteiger partial charge in [-0.2, -0.15) is 0 Å². The predicted octanol–water partition coefficient (Wildman–Crippen LogP) is 1.62. The fraction of sp³-hybridized carbons (Fsp3) is 0.273. The number of hydrogen-bond acceptors (Lipinski definition) is 4. The number of aryl methyl sites for hydroxylation is 2. The molecule has 0 saturated carbocycles. The Labute approximate surface area is 94.1 Å². The molecule has 2 aromatic heterocycles. The lowest BCUT2D eigenvalue weighted by atomic mass is 10.2. The summed E-state index contributed by atoms with van der Waals surface area (Å²) in [5, 5.41) is 3.16. The monoisotopic (exact) mass is 217 g/mol. The van der Waals surface area contributed by atoms with Crippen LogP contribution in [0.2, 0.25) is 0 Å². The summed E-state index contributed by atoms with van der Waals surface area (Å²) in [4.78, 5) is 11.4. The highest BCUT2D eigenvalue weighted by Gasteiger charge is 2.03. The quantitative estimate of drug-likeness (QED) is 0.729. The molecule has 2 rings (SSSR count). The molecule has 0 aliphatic rings. The normalized spacial score (nSPS) is 10.4. The second kappa shape index (κ2) is 4.22. The number of rotatable bonds is 3. The Morgan fingerprint density at radius 1 is 1.38 bits per heavy atom. The molecule has 0 aromatic carbocycles. The number of aromatic nitrogens is 3. The highest BCUT2D eigenvalue weighted by atomic mass is 15.1. The molecule has 0 bridgehead atoms. The van der Waals surface area contributed by atoms with Crippen LogP contribution in [0, 0.1) is 13.8 Å².